The molecule has 0 saturated heterocycles. The van der Waals surface area contributed by atoms with Gasteiger partial charge in [-0.05, 0) is 24.1 Å². The van der Waals surface area contributed by atoms with Crippen LogP contribution in [0.3, 0.4) is 0 Å². The first-order chi connectivity index (χ1) is 7.49. The van der Waals surface area contributed by atoms with Gasteiger partial charge in [0.25, 0.3) is 0 Å². The lowest BCUT2D eigenvalue weighted by atomic mass is 10.3. The minimum absolute atomic E-state index is 0.0582. The topological polar surface area (TPSA) is 38.4 Å². The van der Waals surface area contributed by atoms with Gasteiger partial charge >= 0.3 is 0 Å². The van der Waals surface area contributed by atoms with Crippen molar-refractivity contribution in [3.8, 4) is 0 Å². The second-order valence-electron chi connectivity index (χ2n) is 3.75. The summed E-state index contributed by atoms with van der Waals surface area (Å²) < 4.78 is 12.9. The molecule has 2 nitrogen and oxygen atoms in total. The average molecular weight is 261 g/mol. The fourth-order valence-corrected chi connectivity index (χ4v) is 1.81. The molecule has 0 spiro atoms. The van der Waals surface area contributed by atoms with Crippen molar-refractivity contribution >= 4 is 34.2 Å². The maximum absolute atomic E-state index is 12.9. The van der Waals surface area contributed by atoms with Crippen LogP contribution in [0.4, 0.5) is 10.1 Å². The summed E-state index contributed by atoms with van der Waals surface area (Å²) in [6.07, 6.45) is 0. The Morgan fingerprint density at radius 2 is 2.25 bits per heavy atom. The van der Waals surface area contributed by atoms with Crippen molar-refractivity contribution in [1.29, 1.82) is 0 Å². The molecular weight excluding hydrogens is 247 g/mol. The Morgan fingerprint density at radius 1 is 1.56 bits per heavy atom. The lowest BCUT2D eigenvalue weighted by Gasteiger charge is -2.03. The first-order valence-corrected chi connectivity index (χ1v) is 6.27. The molecule has 1 rings (SSSR count). The van der Waals surface area contributed by atoms with Gasteiger partial charge in [-0.3, -0.25) is 0 Å². The first kappa shape index (κ1) is 13.3. The van der Waals surface area contributed by atoms with Gasteiger partial charge in [0.2, 0.25) is 0 Å². The fraction of sp³-hybridized carbons (Fsp3) is 0.364. The number of nitrogens with zero attached hydrogens (tertiary/aromatic N) is 1. The number of hydrogen-bond acceptors (Lipinski definition) is 2. The van der Waals surface area contributed by atoms with E-state index in [0.717, 1.165) is 5.75 Å². The van der Waals surface area contributed by atoms with E-state index in [4.69, 9.17) is 17.3 Å². The quantitative estimate of drug-likeness (QED) is 0.663. The molecule has 0 atom stereocenters. The summed E-state index contributed by atoms with van der Waals surface area (Å²) in [6.45, 7) is 4.21. The van der Waals surface area contributed by atoms with Gasteiger partial charge in [0.1, 0.15) is 5.82 Å². The highest BCUT2D eigenvalue weighted by Gasteiger charge is 2.02. The smallest absolute Gasteiger partial charge is 0.159 e. The van der Waals surface area contributed by atoms with Crippen LogP contribution >= 0.6 is 23.4 Å². The summed E-state index contributed by atoms with van der Waals surface area (Å²) in [4.78, 5) is 4.14. The molecule has 16 heavy (non-hydrogen) atoms. The monoisotopic (exact) mass is 260 g/mol. The Labute approximate surface area is 104 Å². The molecule has 0 aliphatic rings. The van der Waals surface area contributed by atoms with Crippen molar-refractivity contribution in [2.24, 2.45) is 16.6 Å². The van der Waals surface area contributed by atoms with E-state index in [0.29, 0.717) is 16.8 Å². The molecule has 1 aromatic rings. The van der Waals surface area contributed by atoms with Gasteiger partial charge in [-0.25, -0.2) is 9.38 Å². The normalized spacial score (nSPS) is 12.2. The molecule has 0 radical (unpaired) electrons. The zero-order chi connectivity index (χ0) is 12.1. The van der Waals surface area contributed by atoms with Crippen LogP contribution in [0.25, 0.3) is 0 Å². The third kappa shape index (κ3) is 4.41. The molecule has 0 fully saturated rings. The second kappa shape index (κ2) is 6.11. The van der Waals surface area contributed by atoms with Gasteiger partial charge in [-0.1, -0.05) is 37.2 Å². The van der Waals surface area contributed by atoms with Gasteiger partial charge in [0.15, 0.2) is 5.17 Å². The van der Waals surface area contributed by atoms with E-state index >= 15 is 0 Å². The van der Waals surface area contributed by atoms with E-state index < -0.39 is 5.82 Å². The lowest BCUT2D eigenvalue weighted by molar-refractivity contribution is 0.628. The molecule has 0 heterocycles. The molecule has 0 unspecified atom stereocenters. The SMILES string of the molecule is CC(C)CSC(N)=Nc1ccc(F)c(Cl)c1. The zero-order valence-electron chi connectivity index (χ0n) is 9.21. The van der Waals surface area contributed by atoms with E-state index in [-0.39, 0.29) is 5.02 Å². The van der Waals surface area contributed by atoms with E-state index in [9.17, 15) is 4.39 Å². The van der Waals surface area contributed by atoms with Gasteiger partial charge in [0, 0.05) is 5.75 Å². The number of hydrogen-bond donors (Lipinski definition) is 1. The summed E-state index contributed by atoms with van der Waals surface area (Å²) in [5.74, 6) is 1.01. The molecule has 0 bridgehead atoms. The van der Waals surface area contributed by atoms with Crippen molar-refractivity contribution in [3.05, 3.63) is 29.0 Å². The predicted octanol–water partition coefficient (Wildman–Crippen LogP) is 3.81. The highest BCUT2D eigenvalue weighted by molar-refractivity contribution is 8.13. The highest BCUT2D eigenvalue weighted by Crippen LogP contribution is 2.22. The van der Waals surface area contributed by atoms with E-state index in [1.165, 1.54) is 23.9 Å². The molecule has 2 N–H and O–H groups in total. The van der Waals surface area contributed by atoms with Gasteiger partial charge in [0.05, 0.1) is 10.7 Å². The number of thioether (sulfide) groups is 1. The lowest BCUT2D eigenvalue weighted by Crippen LogP contribution is -2.08. The first-order valence-electron chi connectivity index (χ1n) is 4.91. The number of rotatable bonds is 3. The van der Waals surface area contributed by atoms with Crippen LogP contribution in [0.15, 0.2) is 23.2 Å². The van der Waals surface area contributed by atoms with Crippen LogP contribution in [0, 0.1) is 11.7 Å². The Kier molecular flexibility index (Phi) is 5.09. The molecule has 1 aromatic carbocycles. The number of aliphatic imine (C=N–C) groups is 1. The maximum Gasteiger partial charge on any atom is 0.159 e. The number of benzene rings is 1. The third-order valence-electron chi connectivity index (χ3n) is 1.71. The third-order valence-corrected chi connectivity index (χ3v) is 3.22. The Bertz CT molecular complexity index is 394. The van der Waals surface area contributed by atoms with Crippen LogP contribution < -0.4 is 5.73 Å². The minimum atomic E-state index is -0.450. The second-order valence-corrected chi connectivity index (χ2v) is 5.20. The summed E-state index contributed by atoms with van der Waals surface area (Å²) in [7, 11) is 0. The van der Waals surface area contributed by atoms with Crippen molar-refractivity contribution in [3.63, 3.8) is 0 Å². The Balaban J connectivity index is 2.70. The standard InChI is InChI=1S/C11H14ClFN2S/c1-7(2)6-16-11(14)15-8-3-4-10(13)9(12)5-8/h3-5,7H,6H2,1-2H3,(H2,14,15). The Morgan fingerprint density at radius 3 is 2.81 bits per heavy atom. The van der Waals surface area contributed by atoms with Crippen molar-refractivity contribution < 1.29 is 4.39 Å². The van der Waals surface area contributed by atoms with Crippen LogP contribution in [0.2, 0.25) is 5.02 Å². The largest absolute Gasteiger partial charge is 0.378 e. The van der Waals surface area contributed by atoms with Crippen LogP contribution in [0.1, 0.15) is 13.8 Å². The van der Waals surface area contributed by atoms with E-state index in [1.54, 1.807) is 6.07 Å². The van der Waals surface area contributed by atoms with Crippen LogP contribution in [-0.2, 0) is 0 Å². The number of halogens is 2. The molecule has 88 valence electrons. The number of nitrogens with two attached hydrogens (primary N) is 1. The van der Waals surface area contributed by atoms with E-state index in [1.807, 2.05) is 0 Å². The van der Waals surface area contributed by atoms with Crippen molar-refractivity contribution in [2.75, 3.05) is 5.75 Å². The van der Waals surface area contributed by atoms with Gasteiger partial charge < -0.3 is 5.73 Å². The summed E-state index contributed by atoms with van der Waals surface area (Å²) in [6, 6.07) is 4.28. The average Bonchev–Trinajstić information content (AvgIpc) is 2.21. The molecule has 0 aliphatic heterocycles. The summed E-state index contributed by atoms with van der Waals surface area (Å²) >= 11 is 7.11. The molecule has 5 heteroatoms. The highest BCUT2D eigenvalue weighted by atomic mass is 35.5. The van der Waals surface area contributed by atoms with Crippen molar-refractivity contribution in [2.45, 2.75) is 13.8 Å². The summed E-state index contributed by atoms with van der Waals surface area (Å²) in [5.41, 5.74) is 6.29. The Hall–Kier alpha value is -0.740. The van der Waals surface area contributed by atoms with Gasteiger partial charge in [-0.2, -0.15) is 0 Å². The van der Waals surface area contributed by atoms with Crippen LogP contribution in [0.5, 0.6) is 0 Å². The number of amidine groups is 1. The maximum atomic E-state index is 12.9. The predicted molar refractivity (Wildman–Crippen MR) is 70.0 cm³/mol. The molecule has 0 amide bonds. The van der Waals surface area contributed by atoms with Gasteiger partial charge in [-0.15, -0.1) is 0 Å². The fourth-order valence-electron chi connectivity index (χ4n) is 0.966. The van der Waals surface area contributed by atoms with Crippen LogP contribution in [-0.4, -0.2) is 10.9 Å². The van der Waals surface area contributed by atoms with E-state index in [2.05, 4.69) is 18.8 Å². The van der Waals surface area contributed by atoms with Crippen molar-refractivity contribution in [1.82, 2.24) is 0 Å². The minimum Gasteiger partial charge on any atom is -0.378 e. The molecule has 0 aromatic heterocycles. The summed E-state index contributed by atoms with van der Waals surface area (Å²) in [5, 5.41) is 0.527. The zero-order valence-corrected chi connectivity index (χ0v) is 10.8. The molecule has 0 saturated carbocycles. The molecular formula is C11H14ClFN2S. The molecule has 0 aliphatic carbocycles.